The lowest BCUT2D eigenvalue weighted by molar-refractivity contribution is 1.21. The molecule has 0 fully saturated rings. The molecule has 138 heavy (non-hydrogen) atoms. The molecular formula is C120H94N6P6S6. The first-order valence-electron chi connectivity index (χ1n) is 45.1. The second-order valence-electron chi connectivity index (χ2n) is 32.6. The lowest BCUT2D eigenvalue weighted by Crippen LogP contribution is -2.28. The van der Waals surface area contributed by atoms with Crippen LogP contribution in [0.2, 0.25) is 0 Å². The van der Waals surface area contributed by atoms with Gasteiger partial charge >= 0.3 is 0 Å². The first-order chi connectivity index (χ1) is 67.6. The highest BCUT2D eigenvalue weighted by molar-refractivity contribution is 8.28. The molecule has 0 saturated heterocycles. The predicted octanol–water partition coefficient (Wildman–Crippen LogP) is 21.1. The maximum atomic E-state index is 6.90. The highest BCUT2D eigenvalue weighted by atomic mass is 32.5. The number of hydrogen-bond acceptors (Lipinski definition) is 12. The molecule has 0 bridgehead atoms. The Hall–Kier alpha value is -12.9. The van der Waals surface area contributed by atoms with Gasteiger partial charge in [-0.15, -0.1) is 0 Å². The van der Waals surface area contributed by atoms with Gasteiger partial charge < -0.3 is 11.5 Å². The van der Waals surface area contributed by atoms with E-state index in [4.69, 9.17) is 102 Å². The summed E-state index contributed by atoms with van der Waals surface area (Å²) < 4.78 is 0. The normalized spacial score (nSPS) is 11.9. The molecule has 0 atom stereocenters. The van der Waals surface area contributed by atoms with Crippen LogP contribution in [0.15, 0.2) is 547 Å². The summed E-state index contributed by atoms with van der Waals surface area (Å²) >= 11 is 40.2. The van der Waals surface area contributed by atoms with Gasteiger partial charge in [-0.25, -0.2) is 4.98 Å². The highest BCUT2D eigenvalue weighted by Crippen LogP contribution is 2.52. The van der Waals surface area contributed by atoms with Crippen molar-refractivity contribution in [1.29, 1.82) is 0 Å². The summed E-state index contributed by atoms with van der Waals surface area (Å²) in [4.78, 5) is 20.2. The van der Waals surface area contributed by atoms with Gasteiger partial charge in [0.05, 0.1) is 47.6 Å². The summed E-state index contributed by atoms with van der Waals surface area (Å²) in [6.45, 7) is 0. The van der Waals surface area contributed by atoms with Crippen molar-refractivity contribution in [2.45, 2.75) is 0 Å². The maximum Gasteiger partial charge on any atom is 0.0899 e. The molecule has 0 aliphatic rings. The van der Waals surface area contributed by atoms with E-state index in [1.54, 1.807) is 0 Å². The van der Waals surface area contributed by atoms with Crippen LogP contribution in [0.5, 0.6) is 0 Å². The molecule has 2 aromatic heterocycles. The average Bonchev–Trinajstić information content (AvgIpc) is 0.745. The third-order valence-electron chi connectivity index (χ3n) is 24.4. The third kappa shape index (κ3) is 19.6. The Morgan fingerprint density at radius 3 is 0.514 bits per heavy atom. The Balaban J connectivity index is 0.000000137. The first-order valence-corrected chi connectivity index (χ1v) is 61.9. The smallest absolute Gasteiger partial charge is 0.0899 e. The standard InChI is InChI=1S/2C40H30N2P2S2.C40H34N2P2S2/c45-43(31-17-5-1-6-18-31,32-19-7-2-8-20-32)39-27-15-13-25-35(39)37-29-42-38(30-41-37)36-26-14-16-28-40(36)44(46,33-21-9-3-10-22-33)34-23-11-4-12-24-34;45-43(31-17-5-1-6-18-31,32-19-7-2-8-20-32)39-27-15-13-25-35(39)37-29-41-30-38(42-37)36-26-14-16-28-40(36)44(46,33-21-9-3-10-22-33)34-23-11-4-12-24-34;41-37(35-25-13-15-27-39(35)43(45,31-17-5-1-6-18-31)32-19-7-2-8-20-32)29-30-38(42)36-26-14-16-28-40(36)44(46,33-21-9-3-10-22-33)34-23-11-4-12-24-34/h2*1-30H;1-30H,41-42H2/b;;37-29-,38-30-. The lowest BCUT2D eigenvalue weighted by atomic mass is 10.1. The molecule has 0 amide bonds. The van der Waals surface area contributed by atoms with Gasteiger partial charge in [0.25, 0.3) is 0 Å². The molecule has 0 aliphatic heterocycles. The minimum absolute atomic E-state index is 0.600. The summed E-state index contributed by atoms with van der Waals surface area (Å²) in [5.74, 6) is 0. The van der Waals surface area contributed by atoms with Crippen LogP contribution in [0.4, 0.5) is 0 Å². The fourth-order valence-electron chi connectivity index (χ4n) is 17.7. The van der Waals surface area contributed by atoms with E-state index in [0.717, 1.165) is 152 Å². The molecule has 0 spiro atoms. The van der Waals surface area contributed by atoms with E-state index in [1.165, 1.54) is 0 Å². The van der Waals surface area contributed by atoms with Gasteiger partial charge in [-0.2, -0.15) is 0 Å². The molecule has 20 rings (SSSR count). The predicted molar refractivity (Wildman–Crippen MR) is 619 cm³/mol. The van der Waals surface area contributed by atoms with Crippen molar-refractivity contribution in [2.75, 3.05) is 0 Å². The van der Waals surface area contributed by atoms with Gasteiger partial charge in [0, 0.05) is 113 Å². The molecule has 0 unspecified atom stereocenters. The van der Waals surface area contributed by atoms with Gasteiger partial charge in [0.2, 0.25) is 0 Å². The van der Waals surface area contributed by atoms with Crippen molar-refractivity contribution in [3.63, 3.8) is 0 Å². The molecule has 20 aromatic rings. The molecule has 18 heteroatoms. The van der Waals surface area contributed by atoms with Gasteiger partial charge in [0.15, 0.2) is 0 Å². The number of aromatic nitrogens is 4. The van der Waals surface area contributed by atoms with Crippen molar-refractivity contribution in [1.82, 2.24) is 19.9 Å². The van der Waals surface area contributed by atoms with Gasteiger partial charge in [-0.1, -0.05) is 580 Å². The fraction of sp³-hybridized carbons (Fsp3) is 0. The number of nitrogens with two attached hydrogens (primary N) is 2. The van der Waals surface area contributed by atoms with Crippen molar-refractivity contribution in [3.05, 3.63) is 558 Å². The maximum absolute atomic E-state index is 6.90. The highest BCUT2D eigenvalue weighted by Gasteiger charge is 2.36. The van der Waals surface area contributed by atoms with E-state index >= 15 is 0 Å². The van der Waals surface area contributed by atoms with Crippen LogP contribution in [0, 0.1) is 0 Å². The van der Waals surface area contributed by atoms with Crippen LogP contribution in [0.1, 0.15) is 11.1 Å². The largest absolute Gasteiger partial charge is 0.398 e. The molecule has 2 heterocycles. The number of benzene rings is 18. The summed E-state index contributed by atoms with van der Waals surface area (Å²) in [7, 11) is 0. The van der Waals surface area contributed by atoms with Crippen molar-refractivity contribution >= 4 is 214 Å². The molecule has 4 N–H and O–H groups in total. The molecule has 0 radical (unpaired) electrons. The number of allylic oxidation sites excluding steroid dienone is 2. The fourth-order valence-corrected chi connectivity index (χ4v) is 42.1. The molecule has 6 nitrogen and oxygen atoms in total. The Bertz CT molecular complexity index is 7280. The summed E-state index contributed by atoms with van der Waals surface area (Å²) in [5, 5.41) is 20.1. The summed E-state index contributed by atoms with van der Waals surface area (Å²) in [5.41, 5.74) is 24.0. The second kappa shape index (κ2) is 43.8. The zero-order valence-electron chi connectivity index (χ0n) is 75.0. The van der Waals surface area contributed by atoms with E-state index in [9.17, 15) is 0 Å². The van der Waals surface area contributed by atoms with Crippen molar-refractivity contribution < 1.29 is 0 Å². The monoisotopic (exact) mass is 2000 g/mol. The van der Waals surface area contributed by atoms with Crippen LogP contribution in [0.25, 0.3) is 56.4 Å². The van der Waals surface area contributed by atoms with Crippen LogP contribution < -0.4 is 107 Å². The van der Waals surface area contributed by atoms with Gasteiger partial charge in [-0.05, 0) is 75.8 Å². The van der Waals surface area contributed by atoms with Crippen molar-refractivity contribution in [3.8, 4) is 45.0 Å². The van der Waals surface area contributed by atoms with Crippen LogP contribution in [0.3, 0.4) is 0 Å². The van der Waals surface area contributed by atoms with Crippen LogP contribution in [-0.4, -0.2) is 19.9 Å². The minimum Gasteiger partial charge on any atom is -0.398 e. The lowest BCUT2D eigenvalue weighted by Gasteiger charge is -2.27. The second-order valence-corrected chi connectivity index (χ2v) is 58.9. The Kier molecular flexibility index (Phi) is 30.3. The molecule has 0 aliphatic carbocycles. The molecule has 670 valence electrons. The molecular weight excluding hydrogens is 1900 g/mol. The number of rotatable bonds is 25. The summed E-state index contributed by atoms with van der Waals surface area (Å²) in [6, 6.07) is 161. The van der Waals surface area contributed by atoms with Gasteiger partial charge in [0.1, 0.15) is 0 Å². The van der Waals surface area contributed by atoms with Crippen LogP contribution in [-0.2, 0) is 70.8 Å². The zero-order chi connectivity index (χ0) is 94.8. The van der Waals surface area contributed by atoms with E-state index in [2.05, 4.69) is 413 Å². The Morgan fingerprint density at radius 1 is 0.174 bits per heavy atom. The van der Waals surface area contributed by atoms with E-state index in [-0.39, 0.29) is 0 Å². The number of hydrogen-bond donors (Lipinski definition) is 2. The third-order valence-corrected chi connectivity index (χ3v) is 54.2. The minimum atomic E-state index is -2.43. The number of nitrogens with zero attached hydrogens (tertiary/aromatic N) is 4. The Labute approximate surface area is 840 Å². The molecule has 18 aromatic carbocycles. The van der Waals surface area contributed by atoms with Crippen molar-refractivity contribution in [2.24, 2.45) is 11.5 Å². The van der Waals surface area contributed by atoms with Gasteiger partial charge in [-0.3, -0.25) is 15.0 Å². The zero-order valence-corrected chi connectivity index (χ0v) is 85.3. The van der Waals surface area contributed by atoms with E-state index in [1.807, 2.05) is 134 Å². The first kappa shape index (κ1) is 95.4. The molecule has 0 saturated carbocycles. The quantitative estimate of drug-likeness (QED) is 0.0421. The Morgan fingerprint density at radius 2 is 0.326 bits per heavy atom. The van der Waals surface area contributed by atoms with Crippen LogP contribution >= 0.6 is 36.2 Å². The summed E-state index contributed by atoms with van der Waals surface area (Å²) in [6.07, 6.45) is 11.3. The van der Waals surface area contributed by atoms with E-state index < -0.39 is 36.2 Å². The SMILES string of the molecule is N/C(=C\C=C(/N)c1ccccc1P(=S)(c1ccccc1)c1ccccc1)c1ccccc1P(=S)(c1ccccc1)c1ccccc1.S=P(c1ccccc1)(c1ccccc1)c1ccccc1-c1cnc(-c2ccccc2P(=S)(c2ccccc2)c2ccccc2)cn1.S=P(c1ccccc1)(c1ccccc1)c1ccccc1-c1cncc(-c2ccccc2P(=S)(c2ccccc2)c2ccccc2)n1. The average molecular weight is 2000 g/mol. The van der Waals surface area contributed by atoms with E-state index in [0.29, 0.717) is 11.4 Å². The topological polar surface area (TPSA) is 104 Å².